The Balaban J connectivity index is 2.30. The summed E-state index contributed by atoms with van der Waals surface area (Å²) in [5.74, 6) is 0.0772. The topological polar surface area (TPSA) is 51.8 Å². The summed E-state index contributed by atoms with van der Waals surface area (Å²) in [4.78, 5) is 8.56. The van der Waals surface area contributed by atoms with Gasteiger partial charge in [0, 0.05) is 17.1 Å². The summed E-state index contributed by atoms with van der Waals surface area (Å²) in [7, 11) is 0. The highest BCUT2D eigenvalue weighted by Crippen LogP contribution is 2.34. The van der Waals surface area contributed by atoms with Crippen LogP contribution in [-0.4, -0.2) is 9.97 Å². The van der Waals surface area contributed by atoms with E-state index in [2.05, 4.69) is 25.9 Å². The number of benzene rings is 1. The number of nitrogen functional groups attached to an aromatic ring is 1. The van der Waals surface area contributed by atoms with E-state index >= 15 is 0 Å². The van der Waals surface area contributed by atoms with Crippen LogP contribution in [0.3, 0.4) is 0 Å². The zero-order valence-electron chi connectivity index (χ0n) is 9.77. The quantitative estimate of drug-likeness (QED) is 0.743. The van der Waals surface area contributed by atoms with Crippen molar-refractivity contribution in [2.24, 2.45) is 0 Å². The molecule has 0 saturated heterocycles. The van der Waals surface area contributed by atoms with E-state index in [1.165, 1.54) is 12.1 Å². The number of fused-ring (bicyclic) bond motifs is 1. The van der Waals surface area contributed by atoms with Crippen LogP contribution in [0.15, 0.2) is 47.1 Å². The maximum Gasteiger partial charge on any atom is 0.150 e. The second-order valence-electron chi connectivity index (χ2n) is 4.07. The van der Waals surface area contributed by atoms with Gasteiger partial charge in [-0.25, -0.2) is 9.37 Å². The summed E-state index contributed by atoms with van der Waals surface area (Å²) < 4.78 is 13.8. The Morgan fingerprint density at radius 3 is 2.58 bits per heavy atom. The molecule has 2 N–H and O–H groups in total. The molecule has 2 heterocycles. The van der Waals surface area contributed by atoms with Gasteiger partial charge in [-0.1, -0.05) is 0 Å². The van der Waals surface area contributed by atoms with Gasteiger partial charge in [-0.05, 0) is 52.3 Å². The molecule has 0 spiro atoms. The van der Waals surface area contributed by atoms with Crippen molar-refractivity contribution >= 4 is 32.7 Å². The molecule has 1 aromatic carbocycles. The van der Waals surface area contributed by atoms with Crippen molar-refractivity contribution in [1.82, 2.24) is 9.97 Å². The Morgan fingerprint density at radius 2 is 1.84 bits per heavy atom. The fourth-order valence-electron chi connectivity index (χ4n) is 1.94. The number of rotatable bonds is 1. The van der Waals surface area contributed by atoms with Crippen LogP contribution in [0.2, 0.25) is 0 Å². The summed E-state index contributed by atoms with van der Waals surface area (Å²) in [5.41, 5.74) is 8.05. The number of halogens is 2. The first kappa shape index (κ1) is 12.0. The van der Waals surface area contributed by atoms with E-state index in [0.29, 0.717) is 17.0 Å². The van der Waals surface area contributed by atoms with Crippen LogP contribution in [0.25, 0.3) is 22.2 Å². The van der Waals surface area contributed by atoms with Crippen molar-refractivity contribution in [3.05, 3.63) is 52.9 Å². The standard InChI is InChI=1S/C14H9BrFN3/c15-11-10-2-1-7-18-13(10)14(17)19-12(11)8-3-5-9(16)6-4-8/h1-7H,(H2,17,19). The molecular formula is C14H9BrFN3. The highest BCUT2D eigenvalue weighted by molar-refractivity contribution is 9.10. The van der Waals surface area contributed by atoms with Crippen molar-refractivity contribution in [2.75, 3.05) is 5.73 Å². The number of hydrogen-bond acceptors (Lipinski definition) is 3. The molecule has 0 aliphatic carbocycles. The van der Waals surface area contributed by atoms with Gasteiger partial charge in [-0.3, -0.25) is 4.98 Å². The molecule has 3 nitrogen and oxygen atoms in total. The highest BCUT2D eigenvalue weighted by atomic mass is 79.9. The molecule has 0 amide bonds. The van der Waals surface area contributed by atoms with Crippen LogP contribution in [0.4, 0.5) is 10.2 Å². The van der Waals surface area contributed by atoms with Gasteiger partial charge in [0.25, 0.3) is 0 Å². The van der Waals surface area contributed by atoms with E-state index in [0.717, 1.165) is 15.4 Å². The molecule has 2 aromatic heterocycles. The summed E-state index contributed by atoms with van der Waals surface area (Å²) in [6.45, 7) is 0. The minimum Gasteiger partial charge on any atom is -0.382 e. The molecule has 0 atom stereocenters. The van der Waals surface area contributed by atoms with Crippen molar-refractivity contribution in [2.45, 2.75) is 0 Å². The fraction of sp³-hybridized carbons (Fsp3) is 0. The molecule has 0 unspecified atom stereocenters. The molecule has 3 aromatic rings. The predicted octanol–water partition coefficient (Wildman–Crippen LogP) is 3.78. The Bertz CT molecular complexity index is 756. The van der Waals surface area contributed by atoms with Gasteiger partial charge in [-0.15, -0.1) is 0 Å². The van der Waals surface area contributed by atoms with E-state index in [4.69, 9.17) is 5.73 Å². The normalized spacial score (nSPS) is 10.8. The third-order valence-corrected chi connectivity index (χ3v) is 3.65. The number of pyridine rings is 2. The molecule has 0 saturated carbocycles. The van der Waals surface area contributed by atoms with E-state index in [1.807, 2.05) is 12.1 Å². The maximum atomic E-state index is 13.0. The summed E-state index contributed by atoms with van der Waals surface area (Å²) in [6.07, 6.45) is 1.67. The smallest absolute Gasteiger partial charge is 0.150 e. The second-order valence-corrected chi connectivity index (χ2v) is 4.86. The second kappa shape index (κ2) is 4.59. The molecule has 19 heavy (non-hydrogen) atoms. The molecule has 5 heteroatoms. The van der Waals surface area contributed by atoms with E-state index in [9.17, 15) is 4.39 Å². The van der Waals surface area contributed by atoms with Crippen LogP contribution in [-0.2, 0) is 0 Å². The number of anilines is 1. The number of hydrogen-bond donors (Lipinski definition) is 1. The lowest BCUT2D eigenvalue weighted by atomic mass is 10.1. The highest BCUT2D eigenvalue weighted by Gasteiger charge is 2.12. The van der Waals surface area contributed by atoms with Crippen molar-refractivity contribution < 1.29 is 4.39 Å². The SMILES string of the molecule is Nc1nc(-c2ccc(F)cc2)c(Br)c2cccnc12. The lowest BCUT2D eigenvalue weighted by Crippen LogP contribution is -1.97. The van der Waals surface area contributed by atoms with Crippen LogP contribution < -0.4 is 5.73 Å². The lowest BCUT2D eigenvalue weighted by molar-refractivity contribution is 0.628. The van der Waals surface area contributed by atoms with Crippen LogP contribution in [0, 0.1) is 5.82 Å². The number of aromatic nitrogens is 2. The third-order valence-electron chi connectivity index (χ3n) is 2.84. The molecule has 94 valence electrons. The lowest BCUT2D eigenvalue weighted by Gasteiger charge is -2.09. The van der Waals surface area contributed by atoms with Crippen molar-refractivity contribution in [3.63, 3.8) is 0 Å². The van der Waals surface area contributed by atoms with Gasteiger partial charge in [0.15, 0.2) is 5.82 Å². The average Bonchev–Trinajstić information content (AvgIpc) is 2.44. The Morgan fingerprint density at radius 1 is 1.11 bits per heavy atom. The van der Waals surface area contributed by atoms with Crippen molar-refractivity contribution in [1.29, 1.82) is 0 Å². The largest absolute Gasteiger partial charge is 0.382 e. The van der Waals surface area contributed by atoms with Gasteiger partial charge >= 0.3 is 0 Å². The summed E-state index contributed by atoms with van der Waals surface area (Å²) in [5, 5.41) is 0.884. The summed E-state index contributed by atoms with van der Waals surface area (Å²) in [6, 6.07) is 9.88. The fourth-order valence-corrected chi connectivity index (χ4v) is 2.57. The van der Waals surface area contributed by atoms with E-state index in [1.54, 1.807) is 18.3 Å². The molecular weight excluding hydrogens is 309 g/mol. The predicted molar refractivity (Wildman–Crippen MR) is 77.0 cm³/mol. The van der Waals surface area contributed by atoms with E-state index < -0.39 is 0 Å². The monoisotopic (exact) mass is 317 g/mol. The third kappa shape index (κ3) is 2.06. The molecule has 3 rings (SSSR count). The molecule has 0 fully saturated rings. The first-order chi connectivity index (χ1) is 9.16. The van der Waals surface area contributed by atoms with Crippen LogP contribution in [0.1, 0.15) is 0 Å². The summed E-state index contributed by atoms with van der Waals surface area (Å²) >= 11 is 3.52. The minimum absolute atomic E-state index is 0.282. The average molecular weight is 318 g/mol. The van der Waals surface area contributed by atoms with Gasteiger partial charge < -0.3 is 5.73 Å². The Labute approximate surface area is 117 Å². The number of nitrogens with two attached hydrogens (primary N) is 1. The first-order valence-electron chi connectivity index (χ1n) is 5.62. The van der Waals surface area contributed by atoms with Gasteiger partial charge in [0.1, 0.15) is 11.3 Å². The van der Waals surface area contributed by atoms with Gasteiger partial charge in [0.05, 0.1) is 10.2 Å². The Kier molecular flexibility index (Phi) is 2.91. The Hall–Kier alpha value is -2.01. The molecule has 0 aliphatic rings. The molecule has 0 aliphatic heterocycles. The molecule has 0 radical (unpaired) electrons. The first-order valence-corrected chi connectivity index (χ1v) is 6.42. The van der Waals surface area contributed by atoms with Gasteiger partial charge in [0.2, 0.25) is 0 Å². The van der Waals surface area contributed by atoms with E-state index in [-0.39, 0.29) is 5.82 Å². The minimum atomic E-state index is -0.282. The number of nitrogens with zero attached hydrogens (tertiary/aromatic N) is 2. The van der Waals surface area contributed by atoms with Crippen molar-refractivity contribution in [3.8, 4) is 11.3 Å². The van der Waals surface area contributed by atoms with Gasteiger partial charge in [-0.2, -0.15) is 0 Å². The van der Waals surface area contributed by atoms with Crippen LogP contribution >= 0.6 is 15.9 Å². The van der Waals surface area contributed by atoms with Crippen LogP contribution in [0.5, 0.6) is 0 Å². The molecule has 0 bridgehead atoms. The zero-order chi connectivity index (χ0) is 13.4. The zero-order valence-corrected chi connectivity index (χ0v) is 11.4. The maximum absolute atomic E-state index is 13.0.